The van der Waals surface area contributed by atoms with Crippen molar-refractivity contribution in [1.29, 1.82) is 0 Å². The number of rotatable bonds is 7. The molecule has 0 saturated carbocycles. The third kappa shape index (κ3) is 10.1. The fourth-order valence-electron chi connectivity index (χ4n) is 13.6. The van der Waals surface area contributed by atoms with Crippen molar-refractivity contribution in [2.45, 2.75) is 92.3 Å². The zero-order chi connectivity index (χ0) is 68.1. The molecule has 0 aliphatic carbocycles. The predicted octanol–water partition coefficient (Wildman–Crippen LogP) is 22.3. The van der Waals surface area contributed by atoms with Crippen LogP contribution in [-0.4, -0.2) is 14.1 Å². The fraction of sp³-hybridized carbons (Fsp3) is 0.163. The second-order valence-electron chi connectivity index (χ2n) is 27.6. The number of aromatic nitrogens is 4. The van der Waals surface area contributed by atoms with Crippen LogP contribution in [-0.2, 0) is 37.3 Å². The van der Waals surface area contributed by atoms with E-state index in [1.54, 1.807) is 0 Å². The summed E-state index contributed by atoms with van der Waals surface area (Å²) in [4.78, 5) is 4.94. The van der Waals surface area contributed by atoms with E-state index in [9.17, 15) is 0 Å². The van der Waals surface area contributed by atoms with Crippen LogP contribution in [0.15, 0.2) is 229 Å². The number of imidazole rings is 1. The summed E-state index contributed by atoms with van der Waals surface area (Å²) in [7, 11) is 0. The van der Waals surface area contributed by atoms with Crippen molar-refractivity contribution in [3.8, 4) is 95.5 Å². The van der Waals surface area contributed by atoms with Crippen molar-refractivity contribution in [1.82, 2.24) is 14.1 Å². The first kappa shape index (κ1) is 52.7. The number of hydrogen-bond acceptors (Lipinski definition) is 3. The van der Waals surface area contributed by atoms with E-state index in [1.807, 2.05) is 66.9 Å². The van der Waals surface area contributed by atoms with Crippen LogP contribution in [0.25, 0.3) is 139 Å². The van der Waals surface area contributed by atoms with Crippen molar-refractivity contribution in [2.75, 3.05) is 0 Å². The maximum absolute atomic E-state index is 8.86. The SMILES string of the molecule is [2H]C([2H])([2H])c1cccc(C([2H])([2H])[2H])c1-c1ccc2c(c1)-c1cccc(-c3cc(C(C)(C)C)cc(C(C)(C)C)c3)c1-[n+]1[c-]n(-c3[c-]c(Oc4[c-]c5c(cc4)c4ccccc4n5-c4cc(C(C)(C)C)ccn4)ccc3)c3cc(-c4ccc5oc6ccccc6c5c4)cc(c31)-c1ccccc1-2.[Pt]. The van der Waals surface area contributed by atoms with Gasteiger partial charge in [-0.15, -0.1) is 29.7 Å². The number of hydrogen-bond donors (Lipinski definition) is 0. The maximum atomic E-state index is 8.86. The Morgan fingerprint density at radius 2 is 1.09 bits per heavy atom. The fourth-order valence-corrected chi connectivity index (χ4v) is 13.6. The number of benzene rings is 11. The molecular formula is C86H70N4O2Pt-2. The molecule has 7 heteroatoms. The molecule has 1 aliphatic heterocycles. The molecule has 1 aliphatic rings. The van der Waals surface area contributed by atoms with Gasteiger partial charge in [0.15, 0.2) is 0 Å². The Labute approximate surface area is 567 Å². The van der Waals surface area contributed by atoms with E-state index in [0.717, 1.165) is 122 Å². The summed E-state index contributed by atoms with van der Waals surface area (Å²) >= 11 is 0. The van der Waals surface area contributed by atoms with E-state index in [0.29, 0.717) is 22.7 Å². The molecule has 0 atom stereocenters. The Morgan fingerprint density at radius 1 is 0.452 bits per heavy atom. The van der Waals surface area contributed by atoms with E-state index < -0.39 is 13.7 Å². The van der Waals surface area contributed by atoms with Crippen LogP contribution >= 0.6 is 0 Å². The van der Waals surface area contributed by atoms with Gasteiger partial charge in [-0.1, -0.05) is 207 Å². The van der Waals surface area contributed by atoms with Crippen LogP contribution in [0, 0.1) is 32.2 Å². The van der Waals surface area contributed by atoms with Crippen LogP contribution in [0.4, 0.5) is 0 Å². The number of aryl methyl sites for hydroxylation is 2. The van der Waals surface area contributed by atoms with E-state index in [-0.39, 0.29) is 54.0 Å². The third-order valence-corrected chi connectivity index (χ3v) is 18.5. The molecule has 0 amide bonds. The Bertz CT molecular complexity index is 5730. The van der Waals surface area contributed by atoms with Crippen molar-refractivity contribution in [3.05, 3.63) is 271 Å². The topological polar surface area (TPSA) is 49.0 Å². The smallest absolute Gasteiger partial charge is 0.268 e. The first-order valence-electron chi connectivity index (χ1n) is 34.5. The van der Waals surface area contributed by atoms with E-state index in [4.69, 9.17) is 22.4 Å². The molecule has 0 unspecified atom stereocenters. The van der Waals surface area contributed by atoms with Gasteiger partial charge in [-0.3, -0.25) is 4.57 Å². The van der Waals surface area contributed by atoms with Gasteiger partial charge in [0.2, 0.25) is 0 Å². The minimum absolute atomic E-state index is 0. The molecular weight excluding hydrogens is 1320 g/mol. The van der Waals surface area contributed by atoms with E-state index in [1.165, 1.54) is 34.9 Å². The molecule has 5 heterocycles. The van der Waals surface area contributed by atoms with Crippen LogP contribution in [0.5, 0.6) is 11.5 Å². The van der Waals surface area contributed by atoms with Crippen LogP contribution in [0.2, 0.25) is 0 Å². The Balaban J connectivity index is 0.00000798. The number of furan rings is 1. The molecule has 0 saturated heterocycles. The predicted molar refractivity (Wildman–Crippen MR) is 379 cm³/mol. The second-order valence-corrected chi connectivity index (χ2v) is 27.6. The molecule has 4 aromatic heterocycles. The molecule has 93 heavy (non-hydrogen) atoms. The summed E-state index contributed by atoms with van der Waals surface area (Å²) in [5, 5.41) is 4.11. The average molecular weight is 1390 g/mol. The molecule has 16 rings (SSSR count). The summed E-state index contributed by atoms with van der Waals surface area (Å²) in [6.45, 7) is 14.8. The van der Waals surface area contributed by atoms with Gasteiger partial charge in [0.1, 0.15) is 17.0 Å². The van der Waals surface area contributed by atoms with Gasteiger partial charge < -0.3 is 18.3 Å². The Morgan fingerprint density at radius 3 is 1.85 bits per heavy atom. The molecule has 0 fully saturated rings. The average Bonchev–Trinajstić information content (AvgIpc) is 1.60. The van der Waals surface area contributed by atoms with Gasteiger partial charge in [0.25, 0.3) is 6.33 Å². The molecule has 15 aromatic rings. The molecule has 0 spiro atoms. The van der Waals surface area contributed by atoms with Crippen molar-refractivity contribution >= 4 is 54.8 Å². The van der Waals surface area contributed by atoms with Crippen molar-refractivity contribution < 1.29 is 43.0 Å². The minimum atomic E-state index is -2.64. The van der Waals surface area contributed by atoms with Gasteiger partial charge >= 0.3 is 0 Å². The van der Waals surface area contributed by atoms with Crippen molar-refractivity contribution in [2.24, 2.45) is 0 Å². The van der Waals surface area contributed by atoms with Crippen LogP contribution in [0.1, 0.15) is 98.4 Å². The van der Waals surface area contributed by atoms with Crippen molar-refractivity contribution in [3.63, 3.8) is 0 Å². The second kappa shape index (κ2) is 22.2. The maximum Gasteiger partial charge on any atom is 0.268 e. The molecule has 0 radical (unpaired) electrons. The summed E-state index contributed by atoms with van der Waals surface area (Å²) in [6.07, 6.45) is 5.91. The zero-order valence-corrected chi connectivity index (χ0v) is 55.6. The molecule has 0 bridgehead atoms. The van der Waals surface area contributed by atoms with E-state index >= 15 is 0 Å². The zero-order valence-electron chi connectivity index (χ0n) is 59.3. The summed E-state index contributed by atoms with van der Waals surface area (Å²) in [5.74, 6) is 1.75. The number of fused-ring (bicyclic) bond motifs is 13. The van der Waals surface area contributed by atoms with Gasteiger partial charge in [-0.2, -0.15) is 18.2 Å². The first-order chi connectivity index (χ1) is 46.7. The number of para-hydroxylation sites is 3. The third-order valence-electron chi connectivity index (χ3n) is 18.5. The number of nitrogens with zero attached hydrogens (tertiary/aromatic N) is 4. The van der Waals surface area contributed by atoms with Gasteiger partial charge in [0, 0.05) is 63.3 Å². The van der Waals surface area contributed by atoms with Gasteiger partial charge in [-0.25, -0.2) is 4.98 Å². The molecule has 0 N–H and O–H groups in total. The van der Waals surface area contributed by atoms with Gasteiger partial charge in [-0.05, 0) is 184 Å². The Hall–Kier alpha value is -9.87. The molecule has 458 valence electrons. The number of ether oxygens (including phenoxy) is 1. The first-order valence-corrected chi connectivity index (χ1v) is 31.5. The summed E-state index contributed by atoms with van der Waals surface area (Å²) in [6, 6.07) is 81.4. The molecule has 6 nitrogen and oxygen atoms in total. The van der Waals surface area contributed by atoms with Crippen LogP contribution in [0.3, 0.4) is 0 Å². The summed E-state index contributed by atoms with van der Waals surface area (Å²) in [5.41, 5.74) is 19.1. The van der Waals surface area contributed by atoms with Crippen LogP contribution < -0.4 is 9.30 Å². The minimum Gasteiger partial charge on any atom is -0.510 e. The summed E-state index contributed by atoms with van der Waals surface area (Å²) < 4.78 is 73.0. The Kier molecular flexibility index (Phi) is 12.6. The largest absolute Gasteiger partial charge is 0.510 e. The standard InChI is InChI=1S/C86H70N4O2.Pt/c1-52-21-18-22-53(2)81(52)55-33-36-67-65-25-12-13-26-66(65)74-45-56(54-34-38-79-73(43-54)70-28-15-17-32-78(70)92-79)46-77-83(74)89(82-64(29-20-30-71(82)72(67)44-55)57-41-59(85(6,7)8)47-60(42-57)86(9,10)11)51-88(77)61-23-19-24-62(49-61)91-63-35-37-69-68-27-14-16-31-75(68)90(76(69)50-63)80-48-58(39-40-87-80)84(3,4)5;/h12-48H,1-11H3;/q-2;/i1D3,2D3;. The normalized spacial score (nSPS) is 13.6. The quantitative estimate of drug-likeness (QED) is 0.118. The molecule has 11 aromatic carbocycles. The number of pyridine rings is 1. The van der Waals surface area contributed by atoms with E-state index in [2.05, 4.69) is 234 Å². The monoisotopic (exact) mass is 1390 g/mol. The van der Waals surface area contributed by atoms with Gasteiger partial charge in [0.05, 0.1) is 16.7 Å².